The van der Waals surface area contributed by atoms with Crippen LogP contribution >= 0.6 is 7.75 Å². The van der Waals surface area contributed by atoms with Crippen LogP contribution < -0.4 is 16.7 Å². The molecule has 8 N–H and O–H groups in total. The number of carboxylic acid groups (broad SMARTS) is 1. The normalized spacial score (nSPS) is 9.05. The Kier molecular flexibility index (Phi) is 8.71. The lowest BCUT2D eigenvalue weighted by Gasteiger charge is -2.14. The zero-order valence-corrected chi connectivity index (χ0v) is 10.6. The number of primary amides is 1. The molecule has 0 aliphatic heterocycles. The first-order valence-electron chi connectivity index (χ1n) is 4.15. The Morgan fingerprint density at radius 2 is 1.71 bits per heavy atom. The van der Waals surface area contributed by atoms with Crippen molar-refractivity contribution in [3.63, 3.8) is 0 Å². The quantitative estimate of drug-likeness (QED) is 0.0779. The van der Waals surface area contributed by atoms with E-state index < -0.39 is 37.0 Å². The molecule has 0 aromatic heterocycles. The largest absolute Gasteiger partial charge is 0.464 e. The molecule has 0 atom stereocenters. The molecule has 0 bridgehead atoms. The molecule has 0 spiro atoms. The molecular weight excluding hydrogens is 321 g/mol. The molecular formula is C5H8N5O10P. The van der Waals surface area contributed by atoms with Crippen molar-refractivity contribution in [3.05, 3.63) is 0 Å². The lowest BCUT2D eigenvalue weighted by atomic mass is 10.7. The Labute approximate surface area is 114 Å². The van der Waals surface area contributed by atoms with Crippen molar-refractivity contribution in [1.82, 2.24) is 9.99 Å². The van der Waals surface area contributed by atoms with Gasteiger partial charge in [-0.25, -0.2) is 33.6 Å². The van der Waals surface area contributed by atoms with Crippen molar-refractivity contribution < 1.29 is 48.2 Å². The average Bonchev–Trinajstić information content (AvgIpc) is 2.25. The lowest BCUT2D eigenvalue weighted by molar-refractivity contribution is 0.118. The number of amides is 5. The standard InChI is InChI=1S/C4H6N3O9P.CH2N2O/c5-1(8)16-4(12)7(3(10)11)2(9)6-17(13,14)15;2-3-1-4/h(H2,5,8)(H,10,11)(H3,6,9,13,14,15);2H2. The van der Waals surface area contributed by atoms with Crippen LogP contribution in [0.25, 0.3) is 0 Å². The summed E-state index contributed by atoms with van der Waals surface area (Å²) in [6, 6.07) is -2.00. The molecule has 15 nitrogen and oxygen atoms in total. The maximum atomic E-state index is 10.9. The summed E-state index contributed by atoms with van der Waals surface area (Å²) in [7, 11) is -5.12. The predicted molar refractivity (Wildman–Crippen MR) is 58.8 cm³/mol. The fourth-order valence-electron chi connectivity index (χ4n) is 0.554. The fourth-order valence-corrected chi connectivity index (χ4v) is 0.903. The monoisotopic (exact) mass is 329 g/mol. The maximum absolute atomic E-state index is 10.9. The van der Waals surface area contributed by atoms with E-state index in [4.69, 9.17) is 19.7 Å². The van der Waals surface area contributed by atoms with Crippen LogP contribution in [0, 0.1) is 0 Å². The number of hydrogen-bond donors (Lipinski definition) is 6. The molecule has 0 saturated heterocycles. The van der Waals surface area contributed by atoms with Crippen molar-refractivity contribution in [3.8, 4) is 0 Å². The zero-order valence-electron chi connectivity index (χ0n) is 9.70. The molecule has 21 heavy (non-hydrogen) atoms. The zero-order chi connectivity index (χ0) is 17.2. The summed E-state index contributed by atoms with van der Waals surface area (Å²) in [5.41, 5.74) is 4.37. The van der Waals surface area contributed by atoms with Gasteiger partial charge >= 0.3 is 32.1 Å². The van der Waals surface area contributed by atoms with Gasteiger partial charge in [0, 0.05) is 0 Å². The Bertz CT molecular complexity index is 520. The van der Waals surface area contributed by atoms with E-state index in [2.05, 4.69) is 21.4 Å². The van der Waals surface area contributed by atoms with Gasteiger partial charge in [0.15, 0.2) is 0 Å². The van der Waals surface area contributed by atoms with Gasteiger partial charge in [-0.05, 0) is 0 Å². The Balaban J connectivity index is 0. The van der Waals surface area contributed by atoms with Crippen LogP contribution in [-0.4, -0.2) is 50.2 Å². The number of isocyanates is 1. The van der Waals surface area contributed by atoms with Gasteiger partial charge in [0.05, 0.1) is 0 Å². The molecule has 0 aromatic rings. The number of urea groups is 1. The predicted octanol–water partition coefficient (Wildman–Crippen LogP) is -1.82. The molecule has 0 saturated carbocycles. The van der Waals surface area contributed by atoms with Gasteiger partial charge in [-0.3, -0.25) is 0 Å². The minimum Gasteiger partial charge on any atom is -0.464 e. The van der Waals surface area contributed by atoms with Crippen molar-refractivity contribution in [2.75, 3.05) is 0 Å². The van der Waals surface area contributed by atoms with Crippen molar-refractivity contribution in [2.24, 2.45) is 16.7 Å². The minimum absolute atomic E-state index is 0.788. The van der Waals surface area contributed by atoms with Crippen LogP contribution in [0.2, 0.25) is 0 Å². The highest BCUT2D eigenvalue weighted by atomic mass is 31.2. The molecule has 0 rings (SSSR count). The van der Waals surface area contributed by atoms with Crippen LogP contribution in [-0.2, 0) is 14.1 Å². The fraction of sp³-hybridized carbons (Fsp3) is 0. The summed E-state index contributed by atoms with van der Waals surface area (Å²) in [4.78, 5) is 66.8. The molecule has 0 radical (unpaired) electrons. The highest BCUT2D eigenvalue weighted by Crippen LogP contribution is 2.28. The number of rotatable bonds is 1. The number of ether oxygens (including phenoxy) is 1. The first-order valence-corrected chi connectivity index (χ1v) is 5.76. The van der Waals surface area contributed by atoms with Gasteiger partial charge in [0.25, 0.3) is 6.08 Å². The molecule has 118 valence electrons. The number of nitrogens with zero attached hydrogens (tertiary/aromatic N) is 2. The molecule has 0 fully saturated rings. The number of carbonyl (C=O) groups excluding carboxylic acids is 4. The number of nitrogens with two attached hydrogens (primary N) is 2. The second-order valence-corrected chi connectivity index (χ2v) is 3.80. The van der Waals surface area contributed by atoms with Gasteiger partial charge in [-0.15, -0.1) is 4.90 Å². The second kappa shape index (κ2) is 9.00. The van der Waals surface area contributed by atoms with Gasteiger partial charge in [0.1, 0.15) is 0 Å². The summed E-state index contributed by atoms with van der Waals surface area (Å²) in [5, 5.41) is 11.7. The second-order valence-electron chi connectivity index (χ2n) is 2.49. The van der Waals surface area contributed by atoms with Gasteiger partial charge in [-0.1, -0.05) is 5.10 Å². The van der Waals surface area contributed by atoms with Crippen LogP contribution in [0.5, 0.6) is 0 Å². The van der Waals surface area contributed by atoms with Crippen molar-refractivity contribution >= 4 is 38.1 Å². The smallest absolute Gasteiger partial charge is 0.436 e. The van der Waals surface area contributed by atoms with E-state index in [-0.39, 0.29) is 0 Å². The number of nitrogens with one attached hydrogen (secondary N) is 1. The van der Waals surface area contributed by atoms with Crippen molar-refractivity contribution in [2.45, 2.75) is 0 Å². The summed E-state index contributed by atoms with van der Waals surface area (Å²) >= 11 is 0. The Morgan fingerprint density at radius 3 is 1.95 bits per heavy atom. The average molecular weight is 329 g/mol. The van der Waals surface area contributed by atoms with E-state index in [1.807, 2.05) is 0 Å². The number of carbonyl (C=O) groups is 4. The first-order chi connectivity index (χ1) is 9.46. The Hall–Kier alpha value is -2.99. The SMILES string of the molecule is NC(=O)OC(=O)N(C(=O)O)C(=O)NP(=O)(O)O.NN=C=O. The van der Waals surface area contributed by atoms with Crippen molar-refractivity contribution in [1.29, 1.82) is 0 Å². The van der Waals surface area contributed by atoms with Gasteiger partial charge in [-0.2, -0.15) is 0 Å². The van der Waals surface area contributed by atoms with E-state index in [0.29, 0.717) is 0 Å². The minimum atomic E-state index is -5.12. The molecule has 0 unspecified atom stereocenters. The maximum Gasteiger partial charge on any atom is 0.436 e. The lowest BCUT2D eigenvalue weighted by Crippen LogP contribution is -2.47. The molecule has 16 heteroatoms. The number of imide groups is 3. The number of hydrazone groups is 1. The first kappa shape index (κ1) is 20.3. The van der Waals surface area contributed by atoms with E-state index >= 15 is 0 Å². The highest BCUT2D eigenvalue weighted by molar-refractivity contribution is 7.50. The van der Waals surface area contributed by atoms with Crippen LogP contribution in [0.3, 0.4) is 0 Å². The summed E-state index contributed by atoms with van der Waals surface area (Å²) in [6.07, 6.45) is -4.89. The van der Waals surface area contributed by atoms with Crippen LogP contribution in [0.4, 0.5) is 19.2 Å². The van der Waals surface area contributed by atoms with E-state index in [1.54, 1.807) is 0 Å². The molecule has 0 aromatic carbocycles. The van der Waals surface area contributed by atoms with Gasteiger partial charge < -0.3 is 31.2 Å². The van der Waals surface area contributed by atoms with Crippen LogP contribution in [0.1, 0.15) is 0 Å². The number of hydrogen-bond acceptors (Lipinski definition) is 9. The third-order valence-corrected chi connectivity index (χ3v) is 1.54. The molecule has 5 amide bonds. The van der Waals surface area contributed by atoms with E-state index in [0.717, 1.165) is 11.2 Å². The van der Waals surface area contributed by atoms with Crippen LogP contribution in [0.15, 0.2) is 5.10 Å². The third-order valence-electron chi connectivity index (χ3n) is 1.06. The summed E-state index contributed by atoms with van der Waals surface area (Å²) in [6.45, 7) is 0. The van der Waals surface area contributed by atoms with E-state index in [1.165, 1.54) is 0 Å². The molecule has 0 aliphatic carbocycles. The third kappa shape index (κ3) is 10.6. The molecule has 0 heterocycles. The molecule has 0 aliphatic rings. The highest BCUT2D eigenvalue weighted by Gasteiger charge is 2.34. The van der Waals surface area contributed by atoms with Gasteiger partial charge in [0.2, 0.25) is 0 Å². The summed E-state index contributed by atoms with van der Waals surface area (Å²) in [5.74, 6) is 4.23. The topological polar surface area (TPSA) is 252 Å². The Morgan fingerprint density at radius 1 is 1.29 bits per heavy atom. The summed E-state index contributed by atoms with van der Waals surface area (Å²) < 4.78 is 13.9. The van der Waals surface area contributed by atoms with E-state index in [9.17, 15) is 23.7 Å².